The van der Waals surface area contributed by atoms with Crippen molar-refractivity contribution in [3.05, 3.63) is 65.3 Å². The Bertz CT molecular complexity index is 1340. The molecule has 34 heavy (non-hydrogen) atoms. The number of aromatic amines is 1. The van der Waals surface area contributed by atoms with Gasteiger partial charge in [-0.15, -0.1) is 11.3 Å². The maximum atomic E-state index is 13.0. The van der Waals surface area contributed by atoms with Crippen LogP contribution in [-0.4, -0.2) is 33.6 Å². The molecule has 172 valence electrons. The van der Waals surface area contributed by atoms with Crippen molar-refractivity contribution in [3.8, 4) is 11.3 Å². The summed E-state index contributed by atoms with van der Waals surface area (Å²) in [6, 6.07) is 8.06. The second-order valence-electron chi connectivity index (χ2n) is 8.01. The number of carbonyl (C=O) groups is 4. The Morgan fingerprint density at radius 1 is 1.15 bits per heavy atom. The number of H-pyrrole nitrogens is 1. The van der Waals surface area contributed by atoms with Crippen LogP contribution in [0.1, 0.15) is 33.7 Å². The lowest BCUT2D eigenvalue weighted by Gasteiger charge is -2.38. The largest absolute Gasteiger partial charge is 0.364 e. The van der Waals surface area contributed by atoms with Crippen molar-refractivity contribution in [1.82, 2.24) is 15.4 Å². The number of nitrogens with one attached hydrogen (secondary N) is 3. The van der Waals surface area contributed by atoms with Crippen LogP contribution < -0.4 is 21.5 Å². The number of anilines is 2. The number of hydrogen-bond acceptors (Lipinski definition) is 6. The summed E-state index contributed by atoms with van der Waals surface area (Å²) in [6.45, 7) is 0. The highest BCUT2D eigenvalue weighted by Gasteiger charge is 2.42. The number of allylic oxidation sites excluding steroid dienone is 2. The zero-order valence-corrected chi connectivity index (χ0v) is 18.6. The number of nitrogens with zero attached hydrogens (tertiary/aromatic N) is 2. The lowest BCUT2D eigenvalue weighted by Crippen LogP contribution is -2.59. The minimum absolute atomic E-state index is 0.196. The molecule has 11 heteroatoms. The molecule has 2 aliphatic rings. The molecule has 0 saturated carbocycles. The standard InChI is InChI=1S/C23H20N6O4S/c24-19(30)17-9-13(10-25-17)18-11-34-23(26-18)27-20(31)12-4-3-5-14(8-12)29-22(33)16-7-2-1-6-15(16)21(32)28-29/h1-5,8-11,15-16,25H,6-7H2,(H2,24,30)(H,28,32)(H,26,27,31). The third-order valence-electron chi connectivity index (χ3n) is 5.86. The predicted molar refractivity (Wildman–Crippen MR) is 126 cm³/mol. The highest BCUT2D eigenvalue weighted by Crippen LogP contribution is 2.32. The summed E-state index contributed by atoms with van der Waals surface area (Å²) in [4.78, 5) is 56.8. The maximum absolute atomic E-state index is 13.0. The molecule has 3 aromatic rings. The van der Waals surface area contributed by atoms with E-state index >= 15 is 0 Å². The van der Waals surface area contributed by atoms with Crippen molar-refractivity contribution >= 4 is 45.8 Å². The normalized spacial score (nSPS) is 19.5. The zero-order chi connectivity index (χ0) is 23.8. The van der Waals surface area contributed by atoms with E-state index in [4.69, 9.17) is 5.73 Å². The number of fused-ring (bicyclic) bond motifs is 1. The minimum Gasteiger partial charge on any atom is -0.364 e. The Morgan fingerprint density at radius 3 is 2.71 bits per heavy atom. The Hall–Kier alpha value is -4.25. The van der Waals surface area contributed by atoms with Crippen LogP contribution in [0.15, 0.2) is 54.1 Å². The molecule has 0 bridgehead atoms. The third kappa shape index (κ3) is 3.97. The van der Waals surface area contributed by atoms with Gasteiger partial charge in [0.1, 0.15) is 5.69 Å². The summed E-state index contributed by atoms with van der Waals surface area (Å²) in [7, 11) is 0. The number of benzene rings is 1. The second kappa shape index (κ2) is 8.60. The van der Waals surface area contributed by atoms with E-state index in [0.717, 1.165) is 0 Å². The molecule has 1 aliphatic carbocycles. The number of thiazole rings is 1. The number of hydrazine groups is 1. The first-order chi connectivity index (χ1) is 16.4. The fourth-order valence-corrected chi connectivity index (χ4v) is 4.80. The smallest absolute Gasteiger partial charge is 0.265 e. The highest BCUT2D eigenvalue weighted by atomic mass is 32.1. The van der Waals surface area contributed by atoms with Crippen LogP contribution in [-0.2, 0) is 9.59 Å². The van der Waals surface area contributed by atoms with E-state index in [1.165, 1.54) is 16.3 Å². The minimum atomic E-state index is -0.575. The van der Waals surface area contributed by atoms with Gasteiger partial charge >= 0.3 is 0 Å². The summed E-state index contributed by atoms with van der Waals surface area (Å²) < 4.78 is 0. The topological polar surface area (TPSA) is 150 Å². The van der Waals surface area contributed by atoms with Gasteiger partial charge in [-0.3, -0.25) is 29.9 Å². The molecule has 5 N–H and O–H groups in total. The molecule has 1 fully saturated rings. The van der Waals surface area contributed by atoms with Crippen LogP contribution in [0.25, 0.3) is 11.3 Å². The van der Waals surface area contributed by atoms with E-state index in [0.29, 0.717) is 40.5 Å². The maximum Gasteiger partial charge on any atom is 0.265 e. The summed E-state index contributed by atoms with van der Waals surface area (Å²) in [5, 5.41) is 6.08. The Kier molecular flexibility index (Phi) is 5.46. The highest BCUT2D eigenvalue weighted by molar-refractivity contribution is 7.14. The van der Waals surface area contributed by atoms with E-state index in [9.17, 15) is 19.2 Å². The van der Waals surface area contributed by atoms with E-state index in [1.807, 2.05) is 12.2 Å². The van der Waals surface area contributed by atoms with Gasteiger partial charge in [0.05, 0.1) is 23.2 Å². The monoisotopic (exact) mass is 476 g/mol. The van der Waals surface area contributed by atoms with E-state index in [2.05, 4.69) is 20.7 Å². The van der Waals surface area contributed by atoms with Crippen molar-refractivity contribution in [2.75, 3.05) is 10.3 Å². The average Bonchev–Trinajstić information content (AvgIpc) is 3.51. The zero-order valence-electron chi connectivity index (χ0n) is 17.8. The fraction of sp³-hybridized carbons (Fsp3) is 0.174. The first-order valence-corrected chi connectivity index (χ1v) is 11.4. The summed E-state index contributed by atoms with van der Waals surface area (Å²) in [5.41, 5.74) is 10.1. The molecule has 2 aromatic heterocycles. The van der Waals surface area contributed by atoms with E-state index < -0.39 is 17.7 Å². The SMILES string of the molecule is NC(=O)c1cc(-c2csc(NC(=O)c3cccc(N4NC(=O)C5CC=CCC5C4=O)c3)n2)c[nH]1. The first-order valence-electron chi connectivity index (χ1n) is 10.6. The molecule has 0 radical (unpaired) electrons. The number of nitrogens with two attached hydrogens (primary N) is 1. The van der Waals surface area contributed by atoms with Crippen LogP contribution in [0.4, 0.5) is 10.8 Å². The molecule has 4 amide bonds. The molecule has 2 unspecified atom stereocenters. The van der Waals surface area contributed by atoms with Crippen molar-refractivity contribution in [2.45, 2.75) is 12.8 Å². The third-order valence-corrected chi connectivity index (χ3v) is 6.62. The average molecular weight is 477 g/mol. The van der Waals surface area contributed by atoms with Crippen molar-refractivity contribution in [2.24, 2.45) is 17.6 Å². The van der Waals surface area contributed by atoms with Crippen LogP contribution in [0.3, 0.4) is 0 Å². The Balaban J connectivity index is 1.32. The number of hydrogen-bond donors (Lipinski definition) is 4. The van der Waals surface area contributed by atoms with Crippen LogP contribution >= 0.6 is 11.3 Å². The Morgan fingerprint density at radius 2 is 1.94 bits per heavy atom. The fourth-order valence-electron chi connectivity index (χ4n) is 4.09. The molecule has 5 rings (SSSR count). The number of aromatic nitrogens is 2. The molecule has 3 heterocycles. The van der Waals surface area contributed by atoms with Gasteiger partial charge < -0.3 is 10.7 Å². The van der Waals surface area contributed by atoms with Gasteiger partial charge in [-0.1, -0.05) is 18.2 Å². The molecule has 1 aliphatic heterocycles. The van der Waals surface area contributed by atoms with Crippen molar-refractivity contribution < 1.29 is 19.2 Å². The van der Waals surface area contributed by atoms with Gasteiger partial charge in [0.2, 0.25) is 11.8 Å². The van der Waals surface area contributed by atoms with E-state index in [-0.39, 0.29) is 23.4 Å². The lowest BCUT2D eigenvalue weighted by atomic mass is 9.80. The number of primary amides is 1. The predicted octanol–water partition coefficient (Wildman–Crippen LogP) is 2.45. The quantitative estimate of drug-likeness (QED) is 0.417. The summed E-state index contributed by atoms with van der Waals surface area (Å²) in [6.07, 6.45) is 6.51. The molecule has 1 aromatic carbocycles. The molecule has 1 saturated heterocycles. The van der Waals surface area contributed by atoms with Gasteiger partial charge in [0.15, 0.2) is 5.13 Å². The van der Waals surface area contributed by atoms with Crippen molar-refractivity contribution in [3.63, 3.8) is 0 Å². The van der Waals surface area contributed by atoms with Crippen LogP contribution in [0, 0.1) is 11.8 Å². The second-order valence-corrected chi connectivity index (χ2v) is 8.87. The lowest BCUT2D eigenvalue weighted by molar-refractivity contribution is -0.139. The van der Waals surface area contributed by atoms with Crippen LogP contribution in [0.5, 0.6) is 0 Å². The van der Waals surface area contributed by atoms with Gasteiger partial charge in [0.25, 0.3) is 11.8 Å². The molecular weight excluding hydrogens is 456 g/mol. The molecular formula is C23H20N6O4S. The first kappa shape index (κ1) is 21.6. The van der Waals surface area contributed by atoms with Gasteiger partial charge in [0, 0.05) is 22.7 Å². The molecule has 2 atom stereocenters. The van der Waals surface area contributed by atoms with Gasteiger partial charge in [-0.05, 0) is 37.1 Å². The van der Waals surface area contributed by atoms with Crippen molar-refractivity contribution in [1.29, 1.82) is 0 Å². The van der Waals surface area contributed by atoms with Crippen LogP contribution in [0.2, 0.25) is 0 Å². The summed E-state index contributed by atoms with van der Waals surface area (Å²) >= 11 is 1.23. The Labute approximate surface area is 197 Å². The molecule has 10 nitrogen and oxygen atoms in total. The molecule has 0 spiro atoms. The number of rotatable bonds is 5. The van der Waals surface area contributed by atoms with E-state index in [1.54, 1.807) is 41.9 Å². The number of amides is 4. The van der Waals surface area contributed by atoms with Gasteiger partial charge in [-0.25, -0.2) is 9.99 Å². The van der Waals surface area contributed by atoms with Gasteiger partial charge in [-0.2, -0.15) is 0 Å². The number of carbonyl (C=O) groups excluding carboxylic acids is 4. The summed E-state index contributed by atoms with van der Waals surface area (Å²) in [5.74, 6) is -2.16.